The monoisotopic (exact) mass is 373 g/mol. The first-order valence-electron chi connectivity index (χ1n) is 8.73. The summed E-state index contributed by atoms with van der Waals surface area (Å²) in [5.74, 6) is -0.396. The highest BCUT2D eigenvalue weighted by atomic mass is 32.1. The fourth-order valence-corrected chi connectivity index (χ4v) is 4.42. The lowest BCUT2D eigenvalue weighted by Crippen LogP contribution is -2.45. The number of carbonyl (C=O) groups is 1. The second-order valence-electron chi connectivity index (χ2n) is 6.59. The smallest absolute Gasteiger partial charge is 0.264 e. The van der Waals surface area contributed by atoms with Crippen LogP contribution in [0.15, 0.2) is 30.3 Å². The zero-order chi connectivity index (χ0) is 18.3. The topological polar surface area (TPSA) is 58.4 Å². The Kier molecular flexibility index (Phi) is 4.50. The molecule has 1 aliphatic carbocycles. The Bertz CT molecular complexity index is 961. The lowest BCUT2D eigenvalue weighted by molar-refractivity contribution is 0.0531. The van der Waals surface area contributed by atoms with Gasteiger partial charge in [-0.1, -0.05) is 12.1 Å². The number of aliphatic hydroxyl groups excluding tert-OH is 1. The minimum absolute atomic E-state index is 0.0465. The molecule has 5 nitrogen and oxygen atoms in total. The molecule has 0 atom stereocenters. The van der Waals surface area contributed by atoms with Crippen molar-refractivity contribution < 1.29 is 14.3 Å². The number of hydrogen-bond donors (Lipinski definition) is 1. The van der Waals surface area contributed by atoms with E-state index in [2.05, 4.69) is 5.10 Å². The molecule has 1 N–H and O–H groups in total. The maximum absolute atomic E-state index is 14.2. The maximum Gasteiger partial charge on any atom is 0.264 e. The highest BCUT2D eigenvalue weighted by molar-refractivity contribution is 7.20. The van der Waals surface area contributed by atoms with Gasteiger partial charge in [-0.05, 0) is 37.5 Å². The van der Waals surface area contributed by atoms with Crippen LogP contribution in [0.5, 0.6) is 0 Å². The predicted octanol–water partition coefficient (Wildman–Crippen LogP) is 3.43. The molecule has 26 heavy (non-hydrogen) atoms. The van der Waals surface area contributed by atoms with Crippen LogP contribution in [-0.2, 0) is 7.05 Å². The van der Waals surface area contributed by atoms with E-state index in [9.17, 15) is 14.3 Å². The normalized spacial score (nSPS) is 14.6. The van der Waals surface area contributed by atoms with Crippen LogP contribution in [0.3, 0.4) is 0 Å². The highest BCUT2D eigenvalue weighted by Crippen LogP contribution is 2.36. The number of halogens is 1. The molecule has 3 aromatic rings. The Morgan fingerprint density at radius 2 is 2.19 bits per heavy atom. The number of amides is 1. The SMILES string of the molecule is Cn1nc(-c2ccccc2F)c2cc(C(=O)N(CCO)C3CCC3)sc21. The first kappa shape index (κ1) is 17.2. The summed E-state index contributed by atoms with van der Waals surface area (Å²) in [5.41, 5.74) is 0.981. The number of aliphatic hydroxyl groups is 1. The zero-order valence-electron chi connectivity index (χ0n) is 14.5. The average molecular weight is 373 g/mol. The molecule has 1 saturated carbocycles. The van der Waals surface area contributed by atoms with Gasteiger partial charge in [0.25, 0.3) is 5.91 Å². The molecule has 0 bridgehead atoms. The van der Waals surface area contributed by atoms with Crippen molar-refractivity contribution in [3.63, 3.8) is 0 Å². The van der Waals surface area contributed by atoms with Gasteiger partial charge in [-0.15, -0.1) is 11.3 Å². The molecule has 0 saturated heterocycles. The second kappa shape index (κ2) is 6.81. The van der Waals surface area contributed by atoms with Gasteiger partial charge in [-0.25, -0.2) is 4.39 Å². The zero-order valence-corrected chi connectivity index (χ0v) is 15.3. The molecule has 1 aromatic carbocycles. The van der Waals surface area contributed by atoms with E-state index in [1.807, 2.05) is 0 Å². The van der Waals surface area contributed by atoms with Crippen LogP contribution in [0, 0.1) is 5.82 Å². The number of benzene rings is 1. The molecule has 0 spiro atoms. The van der Waals surface area contributed by atoms with Crippen LogP contribution in [0.2, 0.25) is 0 Å². The fraction of sp³-hybridized carbons (Fsp3) is 0.368. The van der Waals surface area contributed by atoms with Gasteiger partial charge in [-0.2, -0.15) is 5.10 Å². The van der Waals surface area contributed by atoms with Crippen molar-refractivity contribution in [3.8, 4) is 11.3 Å². The predicted molar refractivity (Wildman–Crippen MR) is 99.7 cm³/mol. The Hall–Kier alpha value is -2.25. The molecule has 0 unspecified atom stereocenters. The molecule has 1 amide bonds. The molecular formula is C19H20FN3O2S. The van der Waals surface area contributed by atoms with Gasteiger partial charge < -0.3 is 10.0 Å². The number of rotatable bonds is 5. The molecule has 2 aromatic heterocycles. The lowest BCUT2D eigenvalue weighted by Gasteiger charge is -2.37. The molecule has 1 aliphatic rings. The van der Waals surface area contributed by atoms with Gasteiger partial charge in [0.2, 0.25) is 0 Å². The van der Waals surface area contributed by atoms with E-state index in [-0.39, 0.29) is 24.4 Å². The van der Waals surface area contributed by atoms with Crippen molar-refractivity contribution in [2.75, 3.05) is 13.2 Å². The van der Waals surface area contributed by atoms with E-state index in [1.54, 1.807) is 40.9 Å². The van der Waals surface area contributed by atoms with Crippen molar-refractivity contribution in [3.05, 3.63) is 41.0 Å². The highest BCUT2D eigenvalue weighted by Gasteiger charge is 2.30. The van der Waals surface area contributed by atoms with Crippen LogP contribution < -0.4 is 0 Å². The van der Waals surface area contributed by atoms with E-state index >= 15 is 0 Å². The van der Waals surface area contributed by atoms with Crippen LogP contribution in [0.1, 0.15) is 28.9 Å². The number of fused-ring (bicyclic) bond motifs is 1. The summed E-state index contributed by atoms with van der Waals surface area (Å²) in [5, 5.41) is 14.6. The number of nitrogens with zero attached hydrogens (tertiary/aromatic N) is 3. The summed E-state index contributed by atoms with van der Waals surface area (Å²) in [6, 6.07) is 8.55. The van der Waals surface area contributed by atoms with Gasteiger partial charge in [-0.3, -0.25) is 9.48 Å². The number of thiophene rings is 1. The first-order chi connectivity index (χ1) is 12.6. The summed E-state index contributed by atoms with van der Waals surface area (Å²) in [4.78, 5) is 16.2. The van der Waals surface area contributed by atoms with Crippen molar-refractivity contribution in [1.29, 1.82) is 0 Å². The first-order valence-corrected chi connectivity index (χ1v) is 9.55. The van der Waals surface area contributed by atoms with Crippen LogP contribution in [0.25, 0.3) is 21.5 Å². The van der Waals surface area contributed by atoms with Crippen molar-refractivity contribution in [1.82, 2.24) is 14.7 Å². The van der Waals surface area contributed by atoms with Crippen molar-refractivity contribution >= 4 is 27.5 Å². The third-order valence-electron chi connectivity index (χ3n) is 4.97. The number of aromatic nitrogens is 2. The van der Waals surface area contributed by atoms with Crippen LogP contribution in [0.4, 0.5) is 4.39 Å². The molecule has 136 valence electrons. The Balaban J connectivity index is 1.75. The molecule has 2 heterocycles. The average Bonchev–Trinajstić information content (AvgIpc) is 3.14. The van der Waals surface area contributed by atoms with E-state index < -0.39 is 0 Å². The van der Waals surface area contributed by atoms with Gasteiger partial charge >= 0.3 is 0 Å². The van der Waals surface area contributed by atoms with Gasteiger partial charge in [0, 0.05) is 30.6 Å². The number of carbonyl (C=O) groups excluding carboxylic acids is 1. The molecular weight excluding hydrogens is 353 g/mol. The molecule has 0 aliphatic heterocycles. The summed E-state index contributed by atoms with van der Waals surface area (Å²) >= 11 is 1.36. The van der Waals surface area contributed by atoms with Gasteiger partial charge in [0.05, 0.1) is 11.5 Å². The summed E-state index contributed by atoms with van der Waals surface area (Å²) in [6.07, 6.45) is 3.09. The Labute approximate surface area is 154 Å². The van der Waals surface area contributed by atoms with Crippen LogP contribution >= 0.6 is 11.3 Å². The molecule has 7 heteroatoms. The minimum Gasteiger partial charge on any atom is -0.395 e. The van der Waals surface area contributed by atoms with E-state index in [1.165, 1.54) is 17.4 Å². The minimum atomic E-state index is -0.331. The van der Waals surface area contributed by atoms with E-state index in [0.717, 1.165) is 29.5 Å². The Morgan fingerprint density at radius 3 is 2.85 bits per heavy atom. The number of aryl methyl sites for hydroxylation is 1. The van der Waals surface area contributed by atoms with Crippen LogP contribution in [-0.4, -0.2) is 44.9 Å². The van der Waals surface area contributed by atoms with E-state index in [4.69, 9.17) is 0 Å². The van der Waals surface area contributed by atoms with Crippen molar-refractivity contribution in [2.45, 2.75) is 25.3 Å². The maximum atomic E-state index is 14.2. The standard InChI is InChI=1S/C19H20FN3O2S/c1-22-19-14(17(21-22)13-7-2-3-8-15(13)20)11-16(26-19)18(25)23(9-10-24)12-5-4-6-12/h2-3,7-8,11-12,24H,4-6,9-10H2,1H3. The van der Waals surface area contributed by atoms with Crippen molar-refractivity contribution in [2.24, 2.45) is 7.05 Å². The summed E-state index contributed by atoms with van der Waals surface area (Å²) < 4.78 is 15.9. The summed E-state index contributed by atoms with van der Waals surface area (Å²) in [6.45, 7) is 0.297. The fourth-order valence-electron chi connectivity index (χ4n) is 3.40. The number of hydrogen-bond acceptors (Lipinski definition) is 4. The third kappa shape index (κ3) is 2.81. The quantitative estimate of drug-likeness (QED) is 0.745. The molecule has 1 fully saturated rings. The molecule has 0 radical (unpaired) electrons. The van der Waals surface area contributed by atoms with Gasteiger partial charge in [0.15, 0.2) is 0 Å². The van der Waals surface area contributed by atoms with Gasteiger partial charge in [0.1, 0.15) is 16.3 Å². The second-order valence-corrected chi connectivity index (χ2v) is 7.62. The summed E-state index contributed by atoms with van der Waals surface area (Å²) in [7, 11) is 1.80. The molecule has 4 rings (SSSR count). The lowest BCUT2D eigenvalue weighted by atomic mass is 9.91. The largest absolute Gasteiger partial charge is 0.395 e. The third-order valence-corrected chi connectivity index (χ3v) is 6.16. The Morgan fingerprint density at radius 1 is 1.42 bits per heavy atom. The van der Waals surface area contributed by atoms with E-state index in [0.29, 0.717) is 22.7 Å².